The standard InChI is InChI=1S/C24H25FN4O2/c1-17(18-6-10-22(11-7-18)29-14-12-26-16-29)27-23(30)20-3-2-13-28(15-20)24(31)19-4-8-21(25)9-5-19/h4-12,14,16-17,20H,2-3,13,15H2,1H3,(H,27,30)/t17-,20-/m1/s1. The van der Waals surface area contributed by atoms with Gasteiger partial charge in [-0.1, -0.05) is 12.1 Å². The van der Waals surface area contributed by atoms with Crippen LogP contribution in [0.1, 0.15) is 41.7 Å². The molecule has 31 heavy (non-hydrogen) atoms. The van der Waals surface area contributed by atoms with Crippen molar-refractivity contribution in [3.8, 4) is 5.69 Å². The van der Waals surface area contributed by atoms with E-state index in [2.05, 4.69) is 10.3 Å². The summed E-state index contributed by atoms with van der Waals surface area (Å²) >= 11 is 0. The molecular weight excluding hydrogens is 395 g/mol. The van der Waals surface area contributed by atoms with Crippen molar-refractivity contribution in [1.29, 1.82) is 0 Å². The number of nitrogens with one attached hydrogen (secondary N) is 1. The van der Waals surface area contributed by atoms with Gasteiger partial charge in [-0.15, -0.1) is 0 Å². The molecule has 0 aliphatic carbocycles. The van der Waals surface area contributed by atoms with Crippen molar-refractivity contribution in [2.75, 3.05) is 13.1 Å². The number of halogens is 1. The average Bonchev–Trinajstić information content (AvgIpc) is 3.34. The lowest BCUT2D eigenvalue weighted by molar-refractivity contribution is -0.127. The van der Waals surface area contributed by atoms with Crippen LogP contribution in [0, 0.1) is 11.7 Å². The summed E-state index contributed by atoms with van der Waals surface area (Å²) in [7, 11) is 0. The molecule has 0 spiro atoms. The molecule has 1 aromatic heterocycles. The molecule has 0 radical (unpaired) electrons. The molecule has 2 atom stereocenters. The Balaban J connectivity index is 1.36. The van der Waals surface area contributed by atoms with E-state index < -0.39 is 0 Å². The Labute approximate surface area is 180 Å². The van der Waals surface area contributed by atoms with Crippen LogP contribution in [-0.2, 0) is 4.79 Å². The molecule has 2 heterocycles. The van der Waals surface area contributed by atoms with E-state index in [4.69, 9.17) is 0 Å². The zero-order valence-electron chi connectivity index (χ0n) is 17.4. The Hall–Kier alpha value is -3.48. The number of aromatic nitrogens is 2. The number of hydrogen-bond donors (Lipinski definition) is 1. The van der Waals surface area contributed by atoms with Gasteiger partial charge in [0, 0.05) is 36.7 Å². The number of carbonyl (C=O) groups excluding carboxylic acids is 2. The number of rotatable bonds is 5. The molecule has 1 N–H and O–H groups in total. The van der Waals surface area contributed by atoms with Crippen molar-refractivity contribution in [2.45, 2.75) is 25.8 Å². The van der Waals surface area contributed by atoms with Gasteiger partial charge in [-0.05, 0) is 61.7 Å². The maximum Gasteiger partial charge on any atom is 0.253 e. The van der Waals surface area contributed by atoms with Gasteiger partial charge in [0.05, 0.1) is 18.3 Å². The minimum absolute atomic E-state index is 0.0530. The topological polar surface area (TPSA) is 67.2 Å². The molecule has 2 aromatic carbocycles. The molecule has 1 aliphatic heterocycles. The Kier molecular flexibility index (Phi) is 6.11. The Morgan fingerprint density at radius 2 is 1.87 bits per heavy atom. The minimum Gasteiger partial charge on any atom is -0.349 e. The van der Waals surface area contributed by atoms with Crippen LogP contribution < -0.4 is 5.32 Å². The second kappa shape index (κ2) is 9.12. The van der Waals surface area contributed by atoms with Crippen molar-refractivity contribution in [2.24, 2.45) is 5.92 Å². The summed E-state index contributed by atoms with van der Waals surface area (Å²) in [6, 6.07) is 13.3. The van der Waals surface area contributed by atoms with Crippen molar-refractivity contribution in [3.63, 3.8) is 0 Å². The number of piperidine rings is 1. The number of likely N-dealkylation sites (tertiary alicyclic amines) is 1. The van der Waals surface area contributed by atoms with Crippen LogP contribution in [0.25, 0.3) is 5.69 Å². The van der Waals surface area contributed by atoms with Gasteiger partial charge in [0.2, 0.25) is 5.91 Å². The molecule has 2 amide bonds. The molecular formula is C24H25FN4O2. The van der Waals surface area contributed by atoms with Gasteiger partial charge in [0.1, 0.15) is 5.82 Å². The summed E-state index contributed by atoms with van der Waals surface area (Å²) < 4.78 is 15.1. The number of hydrogen-bond acceptors (Lipinski definition) is 3. The highest BCUT2D eigenvalue weighted by atomic mass is 19.1. The lowest BCUT2D eigenvalue weighted by Gasteiger charge is -2.32. The van der Waals surface area contributed by atoms with E-state index in [-0.39, 0.29) is 29.6 Å². The van der Waals surface area contributed by atoms with E-state index in [1.54, 1.807) is 17.4 Å². The summed E-state index contributed by atoms with van der Waals surface area (Å²) in [5, 5.41) is 3.08. The van der Waals surface area contributed by atoms with Crippen LogP contribution in [0.15, 0.2) is 67.3 Å². The van der Waals surface area contributed by atoms with E-state index in [1.165, 1.54) is 24.3 Å². The zero-order chi connectivity index (χ0) is 21.8. The highest BCUT2D eigenvalue weighted by Gasteiger charge is 2.29. The molecule has 1 saturated heterocycles. The van der Waals surface area contributed by atoms with E-state index in [1.807, 2.05) is 42.0 Å². The molecule has 6 nitrogen and oxygen atoms in total. The predicted octanol–water partition coefficient (Wildman–Crippen LogP) is 3.74. The molecule has 0 saturated carbocycles. The first-order chi connectivity index (χ1) is 15.0. The van der Waals surface area contributed by atoms with Gasteiger partial charge in [0.25, 0.3) is 5.91 Å². The maximum atomic E-state index is 13.1. The predicted molar refractivity (Wildman–Crippen MR) is 115 cm³/mol. The fourth-order valence-electron chi connectivity index (χ4n) is 3.91. The van der Waals surface area contributed by atoms with E-state index in [9.17, 15) is 14.0 Å². The van der Waals surface area contributed by atoms with Crippen LogP contribution in [0.5, 0.6) is 0 Å². The molecule has 7 heteroatoms. The van der Waals surface area contributed by atoms with E-state index in [0.29, 0.717) is 18.7 Å². The van der Waals surface area contributed by atoms with E-state index in [0.717, 1.165) is 24.1 Å². The number of benzene rings is 2. The third-order valence-electron chi connectivity index (χ3n) is 5.72. The Morgan fingerprint density at radius 1 is 1.13 bits per heavy atom. The first-order valence-electron chi connectivity index (χ1n) is 10.4. The van der Waals surface area contributed by atoms with Gasteiger partial charge in [-0.3, -0.25) is 9.59 Å². The third-order valence-corrected chi connectivity index (χ3v) is 5.72. The molecule has 0 bridgehead atoms. The van der Waals surface area contributed by atoms with Crippen LogP contribution in [0.2, 0.25) is 0 Å². The quantitative estimate of drug-likeness (QED) is 0.684. The van der Waals surface area contributed by atoms with Gasteiger partial charge in [0.15, 0.2) is 0 Å². The van der Waals surface area contributed by atoms with Crippen LogP contribution in [0.3, 0.4) is 0 Å². The summed E-state index contributed by atoms with van der Waals surface area (Å²) in [5.74, 6) is -0.853. The lowest BCUT2D eigenvalue weighted by Crippen LogP contribution is -2.45. The second-order valence-corrected chi connectivity index (χ2v) is 7.89. The van der Waals surface area contributed by atoms with Crippen LogP contribution >= 0.6 is 0 Å². The Morgan fingerprint density at radius 3 is 2.55 bits per heavy atom. The largest absolute Gasteiger partial charge is 0.349 e. The normalized spacial score (nSPS) is 17.2. The number of carbonyl (C=O) groups is 2. The fraction of sp³-hybridized carbons (Fsp3) is 0.292. The summed E-state index contributed by atoms with van der Waals surface area (Å²) in [5.41, 5.74) is 2.45. The molecule has 1 fully saturated rings. The zero-order valence-corrected chi connectivity index (χ0v) is 17.4. The van der Waals surface area contributed by atoms with Gasteiger partial charge in [-0.25, -0.2) is 9.37 Å². The van der Waals surface area contributed by atoms with Crippen molar-refractivity contribution in [3.05, 3.63) is 84.2 Å². The molecule has 4 rings (SSSR count). The number of imidazole rings is 1. The molecule has 1 aliphatic rings. The minimum atomic E-state index is -0.375. The van der Waals surface area contributed by atoms with Crippen LogP contribution in [0.4, 0.5) is 4.39 Å². The highest BCUT2D eigenvalue weighted by Crippen LogP contribution is 2.21. The molecule has 3 aromatic rings. The van der Waals surface area contributed by atoms with Crippen molar-refractivity contribution >= 4 is 11.8 Å². The summed E-state index contributed by atoms with van der Waals surface area (Å²) in [6.45, 7) is 2.92. The van der Waals surface area contributed by atoms with Gasteiger partial charge < -0.3 is 14.8 Å². The Bertz CT molecular complexity index is 1030. The van der Waals surface area contributed by atoms with Gasteiger partial charge in [-0.2, -0.15) is 0 Å². The number of amides is 2. The smallest absolute Gasteiger partial charge is 0.253 e. The molecule has 0 unspecified atom stereocenters. The summed E-state index contributed by atoms with van der Waals surface area (Å²) in [6.07, 6.45) is 6.85. The fourth-order valence-corrected chi connectivity index (χ4v) is 3.91. The highest BCUT2D eigenvalue weighted by molar-refractivity contribution is 5.94. The van der Waals surface area contributed by atoms with Crippen molar-refractivity contribution in [1.82, 2.24) is 19.8 Å². The first-order valence-corrected chi connectivity index (χ1v) is 10.4. The third kappa shape index (κ3) is 4.82. The number of nitrogens with zero attached hydrogens (tertiary/aromatic N) is 3. The van der Waals surface area contributed by atoms with E-state index >= 15 is 0 Å². The first kappa shape index (κ1) is 20.8. The monoisotopic (exact) mass is 420 g/mol. The average molecular weight is 420 g/mol. The van der Waals surface area contributed by atoms with Crippen LogP contribution in [-0.4, -0.2) is 39.4 Å². The summed E-state index contributed by atoms with van der Waals surface area (Å²) in [4.78, 5) is 31.3. The lowest BCUT2D eigenvalue weighted by atomic mass is 9.95. The maximum absolute atomic E-state index is 13.1. The SMILES string of the molecule is C[C@@H](NC(=O)[C@@H]1CCCN(C(=O)c2ccc(F)cc2)C1)c1ccc(-n2ccnc2)cc1. The molecule has 160 valence electrons. The van der Waals surface area contributed by atoms with Gasteiger partial charge >= 0.3 is 0 Å². The second-order valence-electron chi connectivity index (χ2n) is 7.89. The van der Waals surface area contributed by atoms with Crippen molar-refractivity contribution < 1.29 is 14.0 Å².